The first-order valence-corrected chi connectivity index (χ1v) is 6.75. The van der Waals surface area contributed by atoms with Crippen LogP contribution in [0.3, 0.4) is 0 Å². The van der Waals surface area contributed by atoms with Gasteiger partial charge in [-0.25, -0.2) is 4.39 Å². The van der Waals surface area contributed by atoms with Crippen LogP contribution >= 0.6 is 0 Å². The lowest BCUT2D eigenvalue weighted by Gasteiger charge is -2.37. The Morgan fingerprint density at radius 2 is 2.28 bits per heavy atom. The van der Waals surface area contributed by atoms with E-state index in [-0.39, 0.29) is 5.41 Å². The van der Waals surface area contributed by atoms with E-state index < -0.39 is 6.17 Å². The Morgan fingerprint density at radius 1 is 1.44 bits per heavy atom. The number of halogens is 1. The predicted octanol–water partition coefficient (Wildman–Crippen LogP) is 1.61. The summed E-state index contributed by atoms with van der Waals surface area (Å²) in [6, 6.07) is 4.08. The maximum atomic E-state index is 14.2. The van der Waals surface area contributed by atoms with Crippen molar-refractivity contribution < 1.29 is 4.39 Å². The molecule has 0 aromatic carbocycles. The van der Waals surface area contributed by atoms with Crippen LogP contribution in [-0.4, -0.2) is 42.2 Å². The molecule has 2 saturated heterocycles. The first-order chi connectivity index (χ1) is 8.78. The lowest BCUT2D eigenvalue weighted by molar-refractivity contribution is 0.0748. The van der Waals surface area contributed by atoms with Gasteiger partial charge in [0.2, 0.25) is 0 Å². The van der Waals surface area contributed by atoms with Crippen LogP contribution in [0.25, 0.3) is 0 Å². The second-order valence-electron chi connectivity index (χ2n) is 5.61. The van der Waals surface area contributed by atoms with Gasteiger partial charge in [-0.1, -0.05) is 0 Å². The van der Waals surface area contributed by atoms with E-state index in [0.717, 1.165) is 39.1 Å². The third kappa shape index (κ3) is 2.27. The zero-order chi connectivity index (χ0) is 12.4. The number of nitrogens with zero attached hydrogens (tertiary/aromatic N) is 2. The number of piperidine rings is 1. The fourth-order valence-electron chi connectivity index (χ4n) is 3.25. The Kier molecular flexibility index (Phi) is 3.31. The maximum Gasteiger partial charge on any atom is 0.109 e. The summed E-state index contributed by atoms with van der Waals surface area (Å²) in [6.45, 7) is 4.46. The molecule has 0 aliphatic carbocycles. The van der Waals surface area contributed by atoms with Crippen LogP contribution in [0.4, 0.5) is 4.39 Å². The van der Waals surface area contributed by atoms with Gasteiger partial charge < -0.3 is 5.32 Å². The van der Waals surface area contributed by atoms with Gasteiger partial charge in [0.05, 0.1) is 0 Å². The Labute approximate surface area is 107 Å². The largest absolute Gasteiger partial charge is 0.316 e. The van der Waals surface area contributed by atoms with Crippen molar-refractivity contribution in [1.82, 2.24) is 15.2 Å². The van der Waals surface area contributed by atoms with Gasteiger partial charge in [0, 0.05) is 37.4 Å². The van der Waals surface area contributed by atoms with Crippen molar-refractivity contribution >= 4 is 0 Å². The Morgan fingerprint density at radius 3 is 3.06 bits per heavy atom. The van der Waals surface area contributed by atoms with E-state index >= 15 is 0 Å². The fraction of sp³-hybridized carbons (Fsp3) is 0.643. The van der Waals surface area contributed by atoms with E-state index in [1.54, 1.807) is 0 Å². The van der Waals surface area contributed by atoms with Crippen molar-refractivity contribution in [1.29, 1.82) is 0 Å². The molecule has 3 rings (SSSR count). The summed E-state index contributed by atoms with van der Waals surface area (Å²) >= 11 is 0. The fourth-order valence-corrected chi connectivity index (χ4v) is 3.25. The standard InChI is InChI=1S/C14H20FN3/c15-13-3-7-17-10-14(13)4-8-18(11-14)9-12-1-5-16-6-2-12/h1-2,5-6,13,17H,3-4,7-11H2/t13-,14+/m1/s1. The van der Waals surface area contributed by atoms with Gasteiger partial charge in [-0.3, -0.25) is 9.88 Å². The average molecular weight is 249 g/mol. The molecule has 2 fully saturated rings. The molecular formula is C14H20FN3. The molecule has 18 heavy (non-hydrogen) atoms. The first-order valence-electron chi connectivity index (χ1n) is 6.75. The molecule has 2 aliphatic rings. The minimum absolute atomic E-state index is 0.134. The molecule has 0 bridgehead atoms. The van der Waals surface area contributed by atoms with Gasteiger partial charge in [0.15, 0.2) is 0 Å². The number of hydrogen-bond donors (Lipinski definition) is 1. The second-order valence-corrected chi connectivity index (χ2v) is 5.61. The van der Waals surface area contributed by atoms with E-state index in [2.05, 4.69) is 15.2 Å². The minimum Gasteiger partial charge on any atom is -0.316 e. The third-order valence-corrected chi connectivity index (χ3v) is 4.34. The van der Waals surface area contributed by atoms with Crippen molar-refractivity contribution in [3.63, 3.8) is 0 Å². The Bertz CT molecular complexity index is 397. The van der Waals surface area contributed by atoms with Crippen molar-refractivity contribution in [2.45, 2.75) is 25.6 Å². The predicted molar refractivity (Wildman–Crippen MR) is 68.9 cm³/mol. The normalized spacial score (nSPS) is 33.1. The molecule has 4 heteroatoms. The molecule has 0 radical (unpaired) electrons. The van der Waals surface area contributed by atoms with Crippen molar-refractivity contribution in [2.75, 3.05) is 26.2 Å². The van der Waals surface area contributed by atoms with Gasteiger partial charge in [-0.2, -0.15) is 0 Å². The smallest absolute Gasteiger partial charge is 0.109 e. The molecule has 1 N–H and O–H groups in total. The van der Waals surface area contributed by atoms with Gasteiger partial charge in [0.25, 0.3) is 0 Å². The molecule has 0 saturated carbocycles. The number of hydrogen-bond acceptors (Lipinski definition) is 3. The highest BCUT2D eigenvalue weighted by molar-refractivity contribution is 5.10. The van der Waals surface area contributed by atoms with Crippen LogP contribution in [-0.2, 0) is 6.54 Å². The molecule has 3 heterocycles. The third-order valence-electron chi connectivity index (χ3n) is 4.34. The molecule has 2 atom stereocenters. The number of rotatable bonds is 2. The van der Waals surface area contributed by atoms with E-state index in [0.29, 0.717) is 6.42 Å². The highest BCUT2D eigenvalue weighted by Gasteiger charge is 2.46. The van der Waals surface area contributed by atoms with Crippen LogP contribution in [0.15, 0.2) is 24.5 Å². The Balaban J connectivity index is 1.64. The maximum absolute atomic E-state index is 14.2. The lowest BCUT2D eigenvalue weighted by Crippen LogP contribution is -2.49. The highest BCUT2D eigenvalue weighted by atomic mass is 19.1. The van der Waals surface area contributed by atoms with Gasteiger partial charge >= 0.3 is 0 Å². The van der Waals surface area contributed by atoms with Gasteiger partial charge in [-0.15, -0.1) is 0 Å². The van der Waals surface area contributed by atoms with Crippen LogP contribution in [0.1, 0.15) is 18.4 Å². The number of nitrogens with one attached hydrogen (secondary N) is 1. The minimum atomic E-state index is -0.638. The summed E-state index contributed by atoms with van der Waals surface area (Å²) < 4.78 is 14.2. The van der Waals surface area contributed by atoms with E-state index in [4.69, 9.17) is 0 Å². The number of likely N-dealkylation sites (tertiary alicyclic amines) is 1. The lowest BCUT2D eigenvalue weighted by atomic mass is 9.78. The molecular weight excluding hydrogens is 229 g/mol. The highest BCUT2D eigenvalue weighted by Crippen LogP contribution is 2.38. The topological polar surface area (TPSA) is 28.2 Å². The summed E-state index contributed by atoms with van der Waals surface area (Å²) in [5.41, 5.74) is 1.13. The summed E-state index contributed by atoms with van der Waals surface area (Å²) in [7, 11) is 0. The van der Waals surface area contributed by atoms with Crippen LogP contribution in [0, 0.1) is 5.41 Å². The van der Waals surface area contributed by atoms with Crippen molar-refractivity contribution in [3.05, 3.63) is 30.1 Å². The first kappa shape index (κ1) is 12.1. The van der Waals surface area contributed by atoms with Crippen LogP contribution in [0.5, 0.6) is 0 Å². The molecule has 1 aromatic rings. The summed E-state index contributed by atoms with van der Waals surface area (Å²) in [4.78, 5) is 6.40. The quantitative estimate of drug-likeness (QED) is 0.863. The summed E-state index contributed by atoms with van der Waals surface area (Å²) in [5, 5.41) is 3.36. The van der Waals surface area contributed by atoms with Crippen molar-refractivity contribution in [3.8, 4) is 0 Å². The van der Waals surface area contributed by atoms with Crippen molar-refractivity contribution in [2.24, 2.45) is 5.41 Å². The number of alkyl halides is 1. The van der Waals surface area contributed by atoms with Crippen LogP contribution < -0.4 is 5.32 Å². The molecule has 1 aromatic heterocycles. The molecule has 3 nitrogen and oxygen atoms in total. The SMILES string of the molecule is F[C@@H]1CCNC[C@]12CCN(Cc1ccncc1)C2. The zero-order valence-electron chi connectivity index (χ0n) is 10.6. The van der Waals surface area contributed by atoms with E-state index in [9.17, 15) is 4.39 Å². The van der Waals surface area contributed by atoms with Gasteiger partial charge in [-0.05, 0) is 43.6 Å². The van der Waals surface area contributed by atoms with E-state index in [1.165, 1.54) is 5.56 Å². The van der Waals surface area contributed by atoms with Crippen LogP contribution in [0.2, 0.25) is 0 Å². The monoisotopic (exact) mass is 249 g/mol. The molecule has 98 valence electrons. The molecule has 1 spiro atoms. The van der Waals surface area contributed by atoms with Gasteiger partial charge in [0.1, 0.15) is 6.17 Å². The molecule has 0 amide bonds. The number of aromatic nitrogens is 1. The number of pyridine rings is 1. The molecule has 2 aliphatic heterocycles. The average Bonchev–Trinajstić information content (AvgIpc) is 2.79. The Hall–Kier alpha value is -1.00. The zero-order valence-corrected chi connectivity index (χ0v) is 10.6. The second kappa shape index (κ2) is 4.94. The summed E-state index contributed by atoms with van der Waals surface area (Å²) in [5.74, 6) is 0. The van der Waals surface area contributed by atoms with E-state index in [1.807, 2.05) is 24.5 Å². The molecule has 0 unspecified atom stereocenters. The summed E-state index contributed by atoms with van der Waals surface area (Å²) in [6.07, 6.45) is 4.65.